The van der Waals surface area contributed by atoms with E-state index in [0.29, 0.717) is 6.61 Å². The van der Waals surface area contributed by atoms with Crippen LogP contribution in [0.2, 0.25) is 0 Å². The lowest BCUT2D eigenvalue weighted by molar-refractivity contribution is -0.132. The molecule has 0 aliphatic carbocycles. The number of ether oxygens (including phenoxy) is 1. The van der Waals surface area contributed by atoms with Gasteiger partial charge in [-0.25, -0.2) is 4.79 Å². The van der Waals surface area contributed by atoms with Crippen LogP contribution < -0.4 is 0 Å². The first kappa shape index (κ1) is 9.53. The van der Waals surface area contributed by atoms with Crippen molar-refractivity contribution < 1.29 is 14.6 Å². The predicted molar refractivity (Wildman–Crippen MR) is 41.1 cm³/mol. The maximum atomic E-state index is 10.2. The summed E-state index contributed by atoms with van der Waals surface area (Å²) in [5.41, 5.74) is 2.70. The molecule has 0 aromatic rings. The van der Waals surface area contributed by atoms with Crippen molar-refractivity contribution in [1.29, 1.82) is 0 Å². The molecular formula is C8H10O3. The third-order valence-electron chi connectivity index (χ3n) is 0.937. The standard InChI is InChI=1S/C8H10O3/c1-3-11-6-4-5-7(2)8(9)10/h3-4H,1,6H2,2H3,(H,9,10). The Balaban J connectivity index is 3.95. The Kier molecular flexibility index (Phi) is 4.61. The van der Waals surface area contributed by atoms with Crippen LogP contribution in [0.15, 0.2) is 30.2 Å². The summed E-state index contributed by atoms with van der Waals surface area (Å²) >= 11 is 0. The van der Waals surface area contributed by atoms with Gasteiger partial charge in [-0.2, -0.15) is 0 Å². The van der Waals surface area contributed by atoms with Gasteiger partial charge in [-0.05, 0) is 13.0 Å². The normalized spacial score (nSPS) is 7.73. The predicted octanol–water partition coefficient (Wildman–Crippen LogP) is 1.33. The van der Waals surface area contributed by atoms with Gasteiger partial charge in [0, 0.05) is 0 Å². The lowest BCUT2D eigenvalue weighted by Crippen LogP contribution is -1.93. The monoisotopic (exact) mass is 154 g/mol. The molecule has 11 heavy (non-hydrogen) atoms. The Morgan fingerprint density at radius 2 is 2.45 bits per heavy atom. The number of hydrogen-bond acceptors (Lipinski definition) is 2. The van der Waals surface area contributed by atoms with Gasteiger partial charge < -0.3 is 9.84 Å². The van der Waals surface area contributed by atoms with Crippen molar-refractivity contribution in [3.05, 3.63) is 30.2 Å². The summed E-state index contributed by atoms with van der Waals surface area (Å²) in [6, 6.07) is 0. The summed E-state index contributed by atoms with van der Waals surface area (Å²) in [4.78, 5) is 10.2. The molecule has 3 nitrogen and oxygen atoms in total. The highest BCUT2D eigenvalue weighted by Gasteiger charge is 1.94. The fraction of sp³-hybridized carbons (Fsp3) is 0.250. The average molecular weight is 154 g/mol. The molecule has 0 aromatic heterocycles. The molecule has 3 heteroatoms. The minimum Gasteiger partial charge on any atom is -0.497 e. The van der Waals surface area contributed by atoms with Crippen molar-refractivity contribution in [1.82, 2.24) is 0 Å². The first-order chi connectivity index (χ1) is 5.18. The molecule has 0 heterocycles. The second-order valence-corrected chi connectivity index (χ2v) is 1.78. The smallest absolute Gasteiger partial charge is 0.339 e. The summed E-state index contributed by atoms with van der Waals surface area (Å²) in [6.45, 7) is 5.08. The van der Waals surface area contributed by atoms with Crippen LogP contribution in [0.25, 0.3) is 0 Å². The minimum absolute atomic E-state index is 0.165. The third-order valence-corrected chi connectivity index (χ3v) is 0.937. The fourth-order valence-electron chi connectivity index (χ4n) is 0.373. The van der Waals surface area contributed by atoms with Crippen molar-refractivity contribution in [3.8, 4) is 0 Å². The second-order valence-electron chi connectivity index (χ2n) is 1.78. The highest BCUT2D eigenvalue weighted by Crippen LogP contribution is 1.87. The van der Waals surface area contributed by atoms with Crippen LogP contribution in [0.3, 0.4) is 0 Å². The van der Waals surface area contributed by atoms with Gasteiger partial charge in [0.1, 0.15) is 6.61 Å². The van der Waals surface area contributed by atoms with Crippen molar-refractivity contribution in [2.75, 3.05) is 6.61 Å². The maximum absolute atomic E-state index is 10.2. The number of carbonyl (C=O) groups is 1. The van der Waals surface area contributed by atoms with E-state index < -0.39 is 5.97 Å². The topological polar surface area (TPSA) is 46.5 Å². The molecular weight excluding hydrogens is 144 g/mol. The molecule has 1 N–H and O–H groups in total. The molecule has 0 rings (SSSR count). The third kappa shape index (κ3) is 5.00. The number of rotatable bonds is 4. The highest BCUT2D eigenvalue weighted by atomic mass is 16.5. The van der Waals surface area contributed by atoms with Crippen LogP contribution in [-0.2, 0) is 9.53 Å². The molecule has 0 aliphatic rings. The zero-order valence-electron chi connectivity index (χ0n) is 6.33. The molecule has 60 valence electrons. The van der Waals surface area contributed by atoms with Crippen LogP contribution in [0.1, 0.15) is 6.92 Å². The van der Waals surface area contributed by atoms with Crippen molar-refractivity contribution in [3.63, 3.8) is 0 Å². The summed E-state index contributed by atoms with van der Waals surface area (Å²) in [5.74, 6) is -0.972. The van der Waals surface area contributed by atoms with Crippen LogP contribution in [0, 0.1) is 0 Å². The van der Waals surface area contributed by atoms with E-state index in [1.54, 1.807) is 0 Å². The van der Waals surface area contributed by atoms with E-state index in [4.69, 9.17) is 9.84 Å². The number of carboxylic acid groups (broad SMARTS) is 1. The lowest BCUT2D eigenvalue weighted by Gasteiger charge is -1.88. The molecule has 0 unspecified atom stereocenters. The van der Waals surface area contributed by atoms with Crippen LogP contribution >= 0.6 is 0 Å². The average Bonchev–Trinajstić information content (AvgIpc) is 1.97. The van der Waals surface area contributed by atoms with Gasteiger partial charge in [0.15, 0.2) is 0 Å². The van der Waals surface area contributed by atoms with E-state index in [1.165, 1.54) is 19.3 Å². The number of aliphatic carboxylic acids is 1. The Morgan fingerprint density at radius 3 is 2.91 bits per heavy atom. The van der Waals surface area contributed by atoms with Gasteiger partial charge in [-0.15, -0.1) is 5.73 Å². The molecule has 0 aliphatic heterocycles. The lowest BCUT2D eigenvalue weighted by atomic mass is 10.3. The molecule has 0 radical (unpaired) electrons. The second kappa shape index (κ2) is 5.33. The number of carboxylic acids is 1. The van der Waals surface area contributed by atoms with Crippen LogP contribution in [0.5, 0.6) is 0 Å². The molecule has 0 amide bonds. The van der Waals surface area contributed by atoms with E-state index in [-0.39, 0.29) is 5.57 Å². The Bertz CT molecular complexity index is 209. The molecule has 0 aromatic carbocycles. The van der Waals surface area contributed by atoms with Crippen LogP contribution in [-0.4, -0.2) is 17.7 Å². The van der Waals surface area contributed by atoms with E-state index in [0.717, 1.165) is 0 Å². The molecule has 0 bridgehead atoms. The summed E-state index contributed by atoms with van der Waals surface area (Å²) in [5, 5.41) is 8.36. The van der Waals surface area contributed by atoms with Gasteiger partial charge in [-0.3, -0.25) is 0 Å². The van der Waals surface area contributed by atoms with E-state index in [1.807, 2.05) is 0 Å². The summed E-state index contributed by atoms with van der Waals surface area (Å²) < 4.78 is 4.70. The number of hydrogen-bond donors (Lipinski definition) is 1. The molecule has 0 spiro atoms. The molecule has 0 saturated carbocycles. The summed E-state index contributed by atoms with van der Waals surface area (Å²) in [6.07, 6.45) is 2.78. The SMILES string of the molecule is C=COCC=C=C(C)C(=O)O. The molecule has 0 saturated heterocycles. The Labute approximate surface area is 65.3 Å². The van der Waals surface area contributed by atoms with Gasteiger partial charge in [0.2, 0.25) is 0 Å². The quantitative estimate of drug-likeness (QED) is 0.287. The first-order valence-electron chi connectivity index (χ1n) is 3.06. The largest absolute Gasteiger partial charge is 0.497 e. The van der Waals surface area contributed by atoms with Crippen molar-refractivity contribution in [2.45, 2.75) is 6.92 Å². The zero-order valence-corrected chi connectivity index (χ0v) is 6.33. The van der Waals surface area contributed by atoms with Gasteiger partial charge in [0.25, 0.3) is 0 Å². The highest BCUT2D eigenvalue weighted by molar-refractivity contribution is 5.85. The summed E-state index contributed by atoms with van der Waals surface area (Å²) in [7, 11) is 0. The van der Waals surface area contributed by atoms with Gasteiger partial charge in [-0.1, -0.05) is 6.58 Å². The Morgan fingerprint density at radius 1 is 1.82 bits per heavy atom. The van der Waals surface area contributed by atoms with Crippen LogP contribution in [0.4, 0.5) is 0 Å². The molecule has 0 atom stereocenters. The minimum atomic E-state index is -0.972. The van der Waals surface area contributed by atoms with E-state index in [2.05, 4.69) is 12.3 Å². The Hall–Kier alpha value is -1.47. The zero-order chi connectivity index (χ0) is 8.69. The van der Waals surface area contributed by atoms with Crippen molar-refractivity contribution in [2.24, 2.45) is 0 Å². The van der Waals surface area contributed by atoms with Gasteiger partial charge >= 0.3 is 5.97 Å². The first-order valence-corrected chi connectivity index (χ1v) is 3.06. The maximum Gasteiger partial charge on any atom is 0.339 e. The van der Waals surface area contributed by atoms with Crippen molar-refractivity contribution >= 4 is 5.97 Å². The van der Waals surface area contributed by atoms with E-state index >= 15 is 0 Å². The molecule has 0 fully saturated rings. The van der Waals surface area contributed by atoms with E-state index in [9.17, 15) is 4.79 Å². The fourth-order valence-corrected chi connectivity index (χ4v) is 0.373. The van der Waals surface area contributed by atoms with Gasteiger partial charge in [0.05, 0.1) is 11.8 Å².